The molecule has 0 fully saturated rings. The van der Waals surface area contributed by atoms with Crippen LogP contribution in [0.1, 0.15) is 48.5 Å². The summed E-state index contributed by atoms with van der Waals surface area (Å²) in [5.74, 6) is -5.37. The fourth-order valence-electron chi connectivity index (χ4n) is 2.49. The first-order valence-electron chi connectivity index (χ1n) is 13.0. The molecule has 0 spiro atoms. The molecule has 0 aromatic rings. The fourth-order valence-corrected chi connectivity index (χ4v) is 2.72. The van der Waals surface area contributed by atoms with E-state index in [4.69, 9.17) is 33.5 Å². The summed E-state index contributed by atoms with van der Waals surface area (Å²) >= 11 is 6.33. The number of ether oxygens (including phenoxy) is 6. The number of aliphatic hydroxyl groups is 1. The van der Waals surface area contributed by atoms with E-state index in [1.54, 1.807) is 27.7 Å². The molecule has 0 rings (SSSR count). The van der Waals surface area contributed by atoms with Gasteiger partial charge in [-0.2, -0.15) is 4.91 Å². The monoisotopic (exact) mass is 733 g/mol. The zero-order chi connectivity index (χ0) is 32.7. The Labute approximate surface area is 262 Å². The Bertz CT molecular complexity index is 878. The molecule has 0 saturated heterocycles. The molecule has 16 heteroatoms. The van der Waals surface area contributed by atoms with E-state index in [9.17, 15) is 28.9 Å². The summed E-state index contributed by atoms with van der Waals surface area (Å²) in [6, 6.07) is -0.964. The van der Waals surface area contributed by atoms with E-state index in [0.717, 1.165) is 0 Å². The SMILES string of the molecule is CC(COC(=O)C(C)(C)Br)C(=O)OCC(C)(COC(=O)C(C)COC(=O)C(C)(C)Br)C(=O)OCCOCC(CO)N=O. The van der Waals surface area contributed by atoms with Gasteiger partial charge in [-0.25, -0.2) is 0 Å². The Kier molecular flexibility index (Phi) is 17.5. The number of alkyl halides is 2. The van der Waals surface area contributed by atoms with Crippen molar-refractivity contribution in [3.05, 3.63) is 4.91 Å². The Morgan fingerprint density at radius 2 is 1.12 bits per heavy atom. The summed E-state index contributed by atoms with van der Waals surface area (Å²) in [5, 5.41) is 11.6. The highest BCUT2D eigenvalue weighted by atomic mass is 79.9. The van der Waals surface area contributed by atoms with Gasteiger partial charge in [0, 0.05) is 0 Å². The lowest BCUT2D eigenvalue weighted by Crippen LogP contribution is -2.42. The summed E-state index contributed by atoms with van der Waals surface area (Å²) in [6.07, 6.45) is 0. The van der Waals surface area contributed by atoms with Crippen LogP contribution in [0.25, 0.3) is 0 Å². The lowest BCUT2D eigenvalue weighted by atomic mass is 9.93. The summed E-state index contributed by atoms with van der Waals surface area (Å²) in [5.41, 5.74) is -1.66. The minimum Gasteiger partial charge on any atom is -0.464 e. The topological polar surface area (TPSA) is 190 Å². The number of nitroso groups, excluding NO2 is 1. The van der Waals surface area contributed by atoms with Crippen LogP contribution in [-0.2, 0) is 52.4 Å². The van der Waals surface area contributed by atoms with Crippen LogP contribution in [0.3, 0.4) is 0 Å². The number of carbonyl (C=O) groups excluding carboxylic acids is 5. The van der Waals surface area contributed by atoms with E-state index in [1.807, 2.05) is 0 Å². The zero-order valence-electron chi connectivity index (χ0n) is 24.9. The van der Waals surface area contributed by atoms with Crippen LogP contribution in [0.15, 0.2) is 5.18 Å². The van der Waals surface area contributed by atoms with Crippen LogP contribution in [0.2, 0.25) is 0 Å². The normalized spacial score (nSPS) is 15.3. The van der Waals surface area contributed by atoms with Crippen molar-refractivity contribution in [2.45, 2.75) is 63.2 Å². The van der Waals surface area contributed by atoms with Gasteiger partial charge < -0.3 is 33.5 Å². The second-order valence-electron chi connectivity index (χ2n) is 10.9. The highest BCUT2D eigenvalue weighted by Crippen LogP contribution is 2.23. The molecule has 0 saturated carbocycles. The maximum atomic E-state index is 13.0. The van der Waals surface area contributed by atoms with Crippen LogP contribution < -0.4 is 0 Å². The van der Waals surface area contributed by atoms with Crippen molar-refractivity contribution in [3.63, 3.8) is 0 Å². The Morgan fingerprint density at radius 1 is 0.690 bits per heavy atom. The maximum Gasteiger partial charge on any atom is 0.322 e. The van der Waals surface area contributed by atoms with Gasteiger partial charge in [-0.05, 0) is 48.5 Å². The van der Waals surface area contributed by atoms with E-state index in [-0.39, 0.29) is 33.0 Å². The van der Waals surface area contributed by atoms with Crippen molar-refractivity contribution >= 4 is 61.7 Å². The molecule has 1 N–H and O–H groups in total. The average Bonchev–Trinajstić information content (AvgIpc) is 2.92. The number of rotatable bonds is 20. The molecule has 0 aliphatic carbocycles. The number of hydrogen-bond donors (Lipinski definition) is 1. The number of esters is 5. The third kappa shape index (κ3) is 15.3. The van der Waals surface area contributed by atoms with Crippen molar-refractivity contribution in [2.24, 2.45) is 22.4 Å². The Morgan fingerprint density at radius 3 is 1.48 bits per heavy atom. The highest BCUT2D eigenvalue weighted by molar-refractivity contribution is 9.10. The third-order valence-electron chi connectivity index (χ3n) is 5.39. The van der Waals surface area contributed by atoms with E-state index in [1.165, 1.54) is 20.8 Å². The minimum atomic E-state index is -1.66. The molecular weight excluding hydrogens is 694 g/mol. The van der Waals surface area contributed by atoms with Crippen LogP contribution in [0, 0.1) is 22.2 Å². The van der Waals surface area contributed by atoms with Crippen LogP contribution >= 0.6 is 31.9 Å². The first kappa shape index (κ1) is 39.8. The van der Waals surface area contributed by atoms with Gasteiger partial charge in [-0.3, -0.25) is 24.0 Å². The molecule has 0 bridgehead atoms. The third-order valence-corrected chi connectivity index (χ3v) is 6.04. The zero-order valence-corrected chi connectivity index (χ0v) is 28.1. The average molecular weight is 735 g/mol. The van der Waals surface area contributed by atoms with Gasteiger partial charge in [-0.1, -0.05) is 37.0 Å². The van der Waals surface area contributed by atoms with E-state index < -0.39 is 81.6 Å². The van der Waals surface area contributed by atoms with Crippen LogP contribution in [0.4, 0.5) is 0 Å². The summed E-state index contributed by atoms with van der Waals surface area (Å²) in [7, 11) is 0. The molecule has 0 radical (unpaired) electrons. The molecule has 0 aliphatic rings. The second kappa shape index (κ2) is 18.5. The molecule has 242 valence electrons. The number of hydrogen-bond acceptors (Lipinski definition) is 14. The van der Waals surface area contributed by atoms with Crippen LogP contribution in [-0.4, -0.2) is 102 Å². The van der Waals surface area contributed by atoms with Crippen molar-refractivity contribution < 1.29 is 57.5 Å². The van der Waals surface area contributed by atoms with Gasteiger partial charge in [0.1, 0.15) is 53.1 Å². The largest absolute Gasteiger partial charge is 0.464 e. The molecule has 14 nitrogen and oxygen atoms in total. The molecule has 0 aromatic carbocycles. The molecule has 0 amide bonds. The van der Waals surface area contributed by atoms with Gasteiger partial charge in [0.2, 0.25) is 0 Å². The highest BCUT2D eigenvalue weighted by Gasteiger charge is 2.40. The minimum absolute atomic E-state index is 0.133. The molecule has 3 unspecified atom stereocenters. The standard InChI is InChI=1S/C26H41Br2NO13/c1-16(11-39-21(33)24(3,4)27)19(31)41-14-26(7,23(35)38-9-8-37-13-18(10-30)29-36)15-42-20(32)17(2)12-40-22(34)25(5,6)28/h16-18,30H,8-15H2,1-7H3. The predicted octanol–water partition coefficient (Wildman–Crippen LogP) is 2.47. The summed E-state index contributed by atoms with van der Waals surface area (Å²) in [4.78, 5) is 72.5. The van der Waals surface area contributed by atoms with Gasteiger partial charge >= 0.3 is 29.8 Å². The summed E-state index contributed by atoms with van der Waals surface area (Å²) < 4.78 is 29.2. The first-order valence-corrected chi connectivity index (χ1v) is 14.6. The van der Waals surface area contributed by atoms with Gasteiger partial charge in [0.05, 0.1) is 31.7 Å². The van der Waals surface area contributed by atoms with Crippen LogP contribution in [0.5, 0.6) is 0 Å². The van der Waals surface area contributed by atoms with E-state index >= 15 is 0 Å². The summed E-state index contributed by atoms with van der Waals surface area (Å²) in [6.45, 7) is 7.88. The van der Waals surface area contributed by atoms with Crippen molar-refractivity contribution in [3.8, 4) is 0 Å². The molecule has 0 heterocycles. The lowest BCUT2D eigenvalue weighted by molar-refractivity contribution is -0.174. The molecule has 0 aromatic heterocycles. The number of aliphatic hydroxyl groups excluding tert-OH is 1. The fraction of sp³-hybridized carbons (Fsp3) is 0.808. The smallest absolute Gasteiger partial charge is 0.322 e. The molecule has 42 heavy (non-hydrogen) atoms. The van der Waals surface area contributed by atoms with E-state index in [0.29, 0.717) is 0 Å². The molecule has 3 atom stereocenters. The predicted molar refractivity (Wildman–Crippen MR) is 155 cm³/mol. The number of nitrogens with zero attached hydrogens (tertiary/aromatic N) is 1. The first-order chi connectivity index (χ1) is 19.3. The second-order valence-corrected chi connectivity index (χ2v) is 14.8. The number of carbonyl (C=O) groups is 5. The molecule has 0 aliphatic heterocycles. The lowest BCUT2D eigenvalue weighted by Gasteiger charge is -2.27. The van der Waals surface area contributed by atoms with Gasteiger partial charge in [-0.15, -0.1) is 0 Å². The van der Waals surface area contributed by atoms with Crippen molar-refractivity contribution in [1.82, 2.24) is 0 Å². The maximum absolute atomic E-state index is 13.0. The van der Waals surface area contributed by atoms with Crippen molar-refractivity contribution in [1.29, 1.82) is 0 Å². The quantitative estimate of drug-likeness (QED) is 0.0632. The Balaban J connectivity index is 5.28. The van der Waals surface area contributed by atoms with E-state index in [2.05, 4.69) is 37.0 Å². The van der Waals surface area contributed by atoms with Gasteiger partial charge in [0.25, 0.3) is 0 Å². The van der Waals surface area contributed by atoms with Gasteiger partial charge in [0.15, 0.2) is 0 Å². The van der Waals surface area contributed by atoms with Crippen molar-refractivity contribution in [2.75, 3.05) is 52.9 Å². The molecular formula is C26H41Br2NO13. The number of halogens is 2. The Hall–Kier alpha value is -2.17.